The number of hydrogen-bond donors (Lipinski definition) is 1. The van der Waals surface area contributed by atoms with Gasteiger partial charge in [0, 0.05) is 35.6 Å². The lowest BCUT2D eigenvalue weighted by atomic mass is 9.85. The first-order valence-electron chi connectivity index (χ1n) is 10.1. The highest BCUT2D eigenvalue weighted by Crippen LogP contribution is 2.32. The summed E-state index contributed by atoms with van der Waals surface area (Å²) < 4.78 is 0. The molecule has 2 aliphatic rings. The lowest BCUT2D eigenvalue weighted by Crippen LogP contribution is -2.43. The average Bonchev–Trinajstić information content (AvgIpc) is 3.24. The first-order valence-corrected chi connectivity index (χ1v) is 10.1. The van der Waals surface area contributed by atoms with Gasteiger partial charge in [-0.1, -0.05) is 24.3 Å². The second kappa shape index (κ2) is 7.28. The Balaban J connectivity index is 1.22. The number of aromatic nitrogens is 3. The maximum absolute atomic E-state index is 4.52. The van der Waals surface area contributed by atoms with Crippen LogP contribution < -0.4 is 0 Å². The minimum Gasteiger partial charge on any atom is -0.300 e. The van der Waals surface area contributed by atoms with Gasteiger partial charge in [0.05, 0.1) is 5.69 Å². The van der Waals surface area contributed by atoms with Gasteiger partial charge < -0.3 is 4.90 Å². The minimum atomic E-state index is 0.593. The van der Waals surface area contributed by atoms with Crippen LogP contribution in [0.5, 0.6) is 0 Å². The number of likely N-dealkylation sites (tertiary alicyclic amines) is 1. The third-order valence-electron chi connectivity index (χ3n) is 6.36. The predicted molar refractivity (Wildman–Crippen MR) is 108 cm³/mol. The topological polar surface area (TPSA) is 44.8 Å². The van der Waals surface area contributed by atoms with Crippen LogP contribution in [-0.4, -0.2) is 39.2 Å². The summed E-state index contributed by atoms with van der Waals surface area (Å²) in [6.45, 7) is 2.39. The largest absolute Gasteiger partial charge is 0.300 e. The summed E-state index contributed by atoms with van der Waals surface area (Å²) in [5.41, 5.74) is 6.49. The van der Waals surface area contributed by atoms with Crippen LogP contribution in [0.3, 0.4) is 0 Å². The molecule has 3 heterocycles. The van der Waals surface area contributed by atoms with Gasteiger partial charge >= 0.3 is 0 Å². The van der Waals surface area contributed by atoms with E-state index >= 15 is 0 Å². The van der Waals surface area contributed by atoms with E-state index in [1.165, 1.54) is 50.9 Å². The number of H-pyrrole nitrogens is 1. The van der Waals surface area contributed by atoms with Crippen LogP contribution in [0.2, 0.25) is 0 Å². The molecule has 1 atom stereocenters. The van der Waals surface area contributed by atoms with Crippen LogP contribution in [-0.2, 0) is 12.8 Å². The molecule has 3 aromatic rings. The third-order valence-corrected chi connectivity index (χ3v) is 6.36. The molecule has 4 heteroatoms. The van der Waals surface area contributed by atoms with Crippen LogP contribution in [0.15, 0.2) is 54.9 Å². The molecule has 1 aliphatic carbocycles. The number of hydrogen-bond acceptors (Lipinski definition) is 3. The normalized spacial score (nSPS) is 21.1. The average molecular weight is 358 g/mol. The van der Waals surface area contributed by atoms with Crippen LogP contribution in [0.1, 0.15) is 42.0 Å². The van der Waals surface area contributed by atoms with Gasteiger partial charge in [0.25, 0.3) is 0 Å². The van der Waals surface area contributed by atoms with E-state index in [9.17, 15) is 0 Å². The summed E-state index contributed by atoms with van der Waals surface area (Å²) in [7, 11) is 0. The summed E-state index contributed by atoms with van der Waals surface area (Å²) in [5, 5.41) is 7.80. The van der Waals surface area contributed by atoms with Gasteiger partial charge in [-0.2, -0.15) is 5.10 Å². The first-order chi connectivity index (χ1) is 13.4. The molecule has 1 N–H and O–H groups in total. The van der Waals surface area contributed by atoms with Crippen molar-refractivity contribution >= 4 is 0 Å². The van der Waals surface area contributed by atoms with Crippen molar-refractivity contribution in [3.8, 4) is 11.3 Å². The maximum atomic E-state index is 4.52. The number of fused-ring (bicyclic) bond motifs is 1. The molecule has 138 valence electrons. The SMILES string of the molecule is c1cncc(-c2cc(C3CCN(C4CCc5ccccc5C4)CC3)[nH]n2)c1. The zero-order valence-electron chi connectivity index (χ0n) is 15.6. The van der Waals surface area contributed by atoms with Crippen molar-refractivity contribution < 1.29 is 0 Å². The van der Waals surface area contributed by atoms with E-state index in [0.29, 0.717) is 12.0 Å². The molecule has 1 unspecified atom stereocenters. The second-order valence-corrected chi connectivity index (χ2v) is 7.93. The van der Waals surface area contributed by atoms with E-state index in [4.69, 9.17) is 0 Å². The molecule has 27 heavy (non-hydrogen) atoms. The minimum absolute atomic E-state index is 0.593. The number of nitrogens with zero attached hydrogens (tertiary/aromatic N) is 3. The van der Waals surface area contributed by atoms with Crippen LogP contribution in [0.25, 0.3) is 11.3 Å². The van der Waals surface area contributed by atoms with Crippen molar-refractivity contribution in [2.45, 2.75) is 44.1 Å². The quantitative estimate of drug-likeness (QED) is 0.763. The molecule has 2 aromatic heterocycles. The lowest BCUT2D eigenvalue weighted by molar-refractivity contribution is 0.139. The van der Waals surface area contributed by atoms with Gasteiger partial charge in [-0.05, 0) is 74.5 Å². The fourth-order valence-corrected chi connectivity index (χ4v) is 4.77. The highest BCUT2D eigenvalue weighted by Gasteiger charge is 2.29. The molecule has 1 saturated heterocycles. The summed E-state index contributed by atoms with van der Waals surface area (Å²) in [4.78, 5) is 6.93. The van der Waals surface area contributed by atoms with Gasteiger partial charge in [-0.25, -0.2) is 0 Å². The Morgan fingerprint density at radius 3 is 2.63 bits per heavy atom. The molecule has 1 fully saturated rings. The number of pyridine rings is 1. The number of nitrogens with one attached hydrogen (secondary N) is 1. The monoisotopic (exact) mass is 358 g/mol. The molecule has 5 rings (SSSR count). The van der Waals surface area contributed by atoms with Gasteiger partial charge in [-0.3, -0.25) is 10.1 Å². The Morgan fingerprint density at radius 2 is 1.81 bits per heavy atom. The lowest BCUT2D eigenvalue weighted by Gasteiger charge is -2.39. The van der Waals surface area contributed by atoms with Crippen molar-refractivity contribution in [2.75, 3.05) is 13.1 Å². The number of aryl methyl sites for hydroxylation is 1. The third kappa shape index (κ3) is 3.42. The predicted octanol–water partition coefficient (Wildman–Crippen LogP) is 4.21. The van der Waals surface area contributed by atoms with Crippen LogP contribution in [0.4, 0.5) is 0 Å². The van der Waals surface area contributed by atoms with E-state index < -0.39 is 0 Å². The Labute approximate surface area is 160 Å². The number of benzene rings is 1. The molecule has 4 nitrogen and oxygen atoms in total. The molecule has 0 saturated carbocycles. The van der Waals surface area contributed by atoms with Crippen LogP contribution >= 0.6 is 0 Å². The zero-order valence-corrected chi connectivity index (χ0v) is 15.6. The fourth-order valence-electron chi connectivity index (χ4n) is 4.77. The van der Waals surface area contributed by atoms with E-state index in [1.807, 2.05) is 12.3 Å². The van der Waals surface area contributed by atoms with E-state index in [2.05, 4.69) is 56.5 Å². The summed E-state index contributed by atoms with van der Waals surface area (Å²) in [6.07, 6.45) is 9.86. The number of rotatable bonds is 3. The van der Waals surface area contributed by atoms with Gasteiger partial charge in [0.15, 0.2) is 0 Å². The Morgan fingerprint density at radius 1 is 0.963 bits per heavy atom. The highest BCUT2D eigenvalue weighted by atomic mass is 15.2. The Bertz CT molecular complexity index is 894. The number of aromatic amines is 1. The van der Waals surface area contributed by atoms with E-state index in [1.54, 1.807) is 17.3 Å². The van der Waals surface area contributed by atoms with E-state index in [0.717, 1.165) is 11.3 Å². The molecule has 0 radical (unpaired) electrons. The standard InChI is InChI=1S/C23H26N4/c1-2-5-19-14-21(8-7-17(19)4-1)27-12-9-18(10-13-27)22-15-23(26-25-22)20-6-3-11-24-16-20/h1-6,11,15-16,18,21H,7-10,12-14H2,(H,25,26). The number of piperidine rings is 1. The molecular formula is C23H26N4. The van der Waals surface area contributed by atoms with Crippen molar-refractivity contribution in [3.63, 3.8) is 0 Å². The smallest absolute Gasteiger partial charge is 0.0939 e. The van der Waals surface area contributed by atoms with Crippen molar-refractivity contribution in [2.24, 2.45) is 0 Å². The molecular weight excluding hydrogens is 332 g/mol. The van der Waals surface area contributed by atoms with Gasteiger partial charge in [0.1, 0.15) is 0 Å². The van der Waals surface area contributed by atoms with Crippen molar-refractivity contribution in [1.29, 1.82) is 0 Å². The summed E-state index contributed by atoms with van der Waals surface area (Å²) >= 11 is 0. The summed E-state index contributed by atoms with van der Waals surface area (Å²) in [5.74, 6) is 0.593. The van der Waals surface area contributed by atoms with Gasteiger partial charge in [-0.15, -0.1) is 0 Å². The van der Waals surface area contributed by atoms with Gasteiger partial charge in [0.2, 0.25) is 0 Å². The van der Waals surface area contributed by atoms with Crippen molar-refractivity contribution in [1.82, 2.24) is 20.1 Å². The van der Waals surface area contributed by atoms with Crippen molar-refractivity contribution in [3.05, 3.63) is 71.7 Å². The van der Waals surface area contributed by atoms with Crippen LogP contribution in [0, 0.1) is 0 Å². The molecule has 0 amide bonds. The maximum Gasteiger partial charge on any atom is 0.0939 e. The fraction of sp³-hybridized carbons (Fsp3) is 0.391. The molecule has 0 bridgehead atoms. The second-order valence-electron chi connectivity index (χ2n) is 7.93. The van der Waals surface area contributed by atoms with E-state index in [-0.39, 0.29) is 0 Å². The first kappa shape index (κ1) is 16.7. The zero-order chi connectivity index (χ0) is 18.1. The summed E-state index contributed by atoms with van der Waals surface area (Å²) in [6, 6.07) is 15.9. The molecule has 1 aliphatic heterocycles. The Hall–Kier alpha value is -2.46. The molecule has 0 spiro atoms. The molecule has 1 aromatic carbocycles. The Kier molecular flexibility index (Phi) is 4.50. The highest BCUT2D eigenvalue weighted by molar-refractivity contribution is 5.57.